The Morgan fingerprint density at radius 2 is 1.59 bits per heavy atom. The maximum Gasteiger partial charge on any atom is 0.325 e. The third-order valence-electron chi connectivity index (χ3n) is 7.08. The molecule has 2 aliphatic heterocycles. The lowest BCUT2D eigenvalue weighted by molar-refractivity contribution is -0.139. The highest BCUT2D eigenvalue weighted by Crippen LogP contribution is 2.31. The van der Waals surface area contributed by atoms with E-state index in [-0.39, 0.29) is 18.5 Å². The van der Waals surface area contributed by atoms with Crippen LogP contribution in [0.4, 0.5) is 15.3 Å². The number of hydrogen-bond acceptors (Lipinski definition) is 4. The minimum Gasteiger partial charge on any atom is -0.338 e. The van der Waals surface area contributed by atoms with Crippen LogP contribution in [0.3, 0.4) is 0 Å². The fourth-order valence-corrected chi connectivity index (χ4v) is 4.86. The van der Waals surface area contributed by atoms with Gasteiger partial charge in [-0.25, -0.2) is 9.59 Å². The van der Waals surface area contributed by atoms with Crippen LogP contribution in [0.15, 0.2) is 66.7 Å². The number of piperazine rings is 1. The fraction of sp³-hybridized carbons (Fsp3) is 0.286. The van der Waals surface area contributed by atoms with Crippen molar-refractivity contribution in [1.29, 1.82) is 0 Å². The Morgan fingerprint density at radius 3 is 2.32 bits per heavy atom. The second-order valence-electron chi connectivity index (χ2n) is 9.68. The molecular weight excluding hydrogens is 470 g/mol. The summed E-state index contributed by atoms with van der Waals surface area (Å²) >= 11 is 0. The van der Waals surface area contributed by atoms with Crippen molar-refractivity contribution in [2.75, 3.05) is 38.0 Å². The summed E-state index contributed by atoms with van der Waals surface area (Å²) in [5.74, 6) is -0.790. The Hall–Kier alpha value is -4.40. The standard InChI is InChI=1S/C28H29N5O4/c1-19-6-5-9-23(16-19)29-26(36)32-14-12-31(13-15-32)24(34)18-33-25(35)28(2,30-27(33)37)22-11-10-20-7-3-4-8-21(20)17-22/h3-11,16-17H,12-15,18H2,1-2H3,(H,29,36)(H,30,37). The van der Waals surface area contributed by atoms with Crippen LogP contribution in [-0.2, 0) is 15.1 Å². The Kier molecular flexibility index (Phi) is 6.29. The normalized spacial score (nSPS) is 19.8. The van der Waals surface area contributed by atoms with Gasteiger partial charge in [0.15, 0.2) is 0 Å². The van der Waals surface area contributed by atoms with E-state index in [2.05, 4.69) is 10.6 Å². The van der Waals surface area contributed by atoms with E-state index in [0.29, 0.717) is 31.7 Å². The van der Waals surface area contributed by atoms with Crippen molar-refractivity contribution >= 4 is 40.3 Å². The minimum atomic E-state index is -1.26. The molecule has 5 rings (SSSR count). The minimum absolute atomic E-state index is 0.224. The molecule has 0 bridgehead atoms. The number of aryl methyl sites for hydroxylation is 1. The Labute approximate surface area is 215 Å². The van der Waals surface area contributed by atoms with Crippen molar-refractivity contribution in [1.82, 2.24) is 20.0 Å². The molecule has 2 aliphatic rings. The van der Waals surface area contributed by atoms with Gasteiger partial charge in [0.1, 0.15) is 12.1 Å². The third-order valence-corrected chi connectivity index (χ3v) is 7.08. The van der Waals surface area contributed by atoms with Crippen molar-refractivity contribution in [2.45, 2.75) is 19.4 Å². The van der Waals surface area contributed by atoms with Crippen LogP contribution in [0.25, 0.3) is 10.8 Å². The van der Waals surface area contributed by atoms with Gasteiger partial charge in [-0.3, -0.25) is 14.5 Å². The zero-order chi connectivity index (χ0) is 26.2. The summed E-state index contributed by atoms with van der Waals surface area (Å²) in [6.45, 7) is 4.64. The van der Waals surface area contributed by atoms with Gasteiger partial charge in [0.05, 0.1) is 0 Å². The van der Waals surface area contributed by atoms with E-state index in [1.54, 1.807) is 16.7 Å². The molecule has 9 nitrogen and oxygen atoms in total. The zero-order valence-corrected chi connectivity index (χ0v) is 20.9. The molecule has 2 saturated heterocycles. The predicted molar refractivity (Wildman–Crippen MR) is 140 cm³/mol. The van der Waals surface area contributed by atoms with Crippen LogP contribution in [0.2, 0.25) is 0 Å². The molecule has 37 heavy (non-hydrogen) atoms. The molecule has 2 heterocycles. The Bertz CT molecular complexity index is 1400. The molecule has 0 saturated carbocycles. The first-order valence-corrected chi connectivity index (χ1v) is 12.3. The highest BCUT2D eigenvalue weighted by atomic mass is 16.2. The van der Waals surface area contributed by atoms with E-state index >= 15 is 0 Å². The van der Waals surface area contributed by atoms with Gasteiger partial charge >= 0.3 is 12.1 Å². The first-order valence-electron chi connectivity index (χ1n) is 12.3. The highest BCUT2D eigenvalue weighted by Gasteiger charge is 2.49. The SMILES string of the molecule is Cc1cccc(NC(=O)N2CCN(C(=O)CN3C(=O)NC(C)(c4ccc5ccccc5c4)C3=O)CC2)c1. The number of carbonyl (C=O) groups excluding carboxylic acids is 4. The quantitative estimate of drug-likeness (QED) is 0.538. The Morgan fingerprint density at radius 1 is 0.892 bits per heavy atom. The van der Waals surface area contributed by atoms with E-state index in [1.807, 2.05) is 73.7 Å². The molecule has 3 aromatic carbocycles. The molecular formula is C28H29N5O4. The maximum atomic E-state index is 13.3. The molecule has 1 unspecified atom stereocenters. The van der Waals surface area contributed by atoms with Gasteiger partial charge in [-0.2, -0.15) is 0 Å². The number of carbonyl (C=O) groups is 4. The summed E-state index contributed by atoms with van der Waals surface area (Å²) in [5.41, 5.74) is 1.17. The molecule has 2 N–H and O–H groups in total. The molecule has 0 radical (unpaired) electrons. The first-order chi connectivity index (χ1) is 17.7. The molecule has 0 aliphatic carbocycles. The second kappa shape index (κ2) is 9.57. The fourth-order valence-electron chi connectivity index (χ4n) is 4.86. The lowest BCUT2D eigenvalue weighted by atomic mass is 9.90. The van der Waals surface area contributed by atoms with Crippen LogP contribution in [-0.4, -0.2) is 71.3 Å². The average molecular weight is 500 g/mol. The number of rotatable bonds is 4. The van der Waals surface area contributed by atoms with Crippen LogP contribution in [0.1, 0.15) is 18.1 Å². The number of imide groups is 1. The smallest absolute Gasteiger partial charge is 0.325 e. The van der Waals surface area contributed by atoms with Gasteiger partial charge in [-0.1, -0.05) is 48.5 Å². The predicted octanol–water partition coefficient (Wildman–Crippen LogP) is 3.29. The molecule has 3 aromatic rings. The van der Waals surface area contributed by atoms with E-state index in [0.717, 1.165) is 26.9 Å². The largest absolute Gasteiger partial charge is 0.338 e. The number of benzene rings is 3. The lowest BCUT2D eigenvalue weighted by Gasteiger charge is -2.35. The van der Waals surface area contributed by atoms with Crippen molar-refractivity contribution in [2.24, 2.45) is 0 Å². The number of anilines is 1. The summed E-state index contributed by atoms with van der Waals surface area (Å²) in [4.78, 5) is 55.9. The first kappa shape index (κ1) is 24.3. The summed E-state index contributed by atoms with van der Waals surface area (Å²) in [5, 5.41) is 7.65. The molecule has 1 atom stereocenters. The van der Waals surface area contributed by atoms with Crippen molar-refractivity contribution in [3.8, 4) is 0 Å². The number of fused-ring (bicyclic) bond motifs is 1. The van der Waals surface area contributed by atoms with Crippen molar-refractivity contribution in [3.05, 3.63) is 77.9 Å². The number of nitrogens with one attached hydrogen (secondary N) is 2. The molecule has 6 amide bonds. The van der Waals surface area contributed by atoms with Gasteiger partial charge < -0.3 is 20.4 Å². The van der Waals surface area contributed by atoms with E-state index in [4.69, 9.17) is 0 Å². The summed E-state index contributed by atoms with van der Waals surface area (Å²) < 4.78 is 0. The zero-order valence-electron chi connectivity index (χ0n) is 20.9. The van der Waals surface area contributed by atoms with Gasteiger partial charge in [0.25, 0.3) is 5.91 Å². The maximum absolute atomic E-state index is 13.3. The summed E-state index contributed by atoms with van der Waals surface area (Å²) in [6, 6.07) is 20.1. The van der Waals surface area contributed by atoms with Crippen LogP contribution in [0.5, 0.6) is 0 Å². The van der Waals surface area contributed by atoms with Crippen LogP contribution >= 0.6 is 0 Å². The molecule has 0 aromatic heterocycles. The molecule has 0 spiro atoms. The molecule has 2 fully saturated rings. The van der Waals surface area contributed by atoms with Crippen LogP contribution < -0.4 is 10.6 Å². The lowest BCUT2D eigenvalue weighted by Crippen LogP contribution is -2.54. The topological polar surface area (TPSA) is 102 Å². The molecule has 9 heteroatoms. The Balaban J connectivity index is 1.20. The third kappa shape index (κ3) is 4.72. The van der Waals surface area contributed by atoms with E-state index in [1.165, 1.54) is 0 Å². The monoisotopic (exact) mass is 499 g/mol. The van der Waals surface area contributed by atoms with E-state index < -0.39 is 17.5 Å². The second-order valence-corrected chi connectivity index (χ2v) is 9.68. The number of nitrogens with zero attached hydrogens (tertiary/aromatic N) is 3. The number of hydrogen-bond donors (Lipinski definition) is 2. The number of amides is 6. The number of urea groups is 2. The van der Waals surface area contributed by atoms with Gasteiger partial charge in [-0.05, 0) is 53.9 Å². The summed E-state index contributed by atoms with van der Waals surface area (Å²) in [6.07, 6.45) is 0. The van der Waals surface area contributed by atoms with Gasteiger partial charge in [-0.15, -0.1) is 0 Å². The highest BCUT2D eigenvalue weighted by molar-refractivity contribution is 6.09. The van der Waals surface area contributed by atoms with Crippen LogP contribution in [0, 0.1) is 6.92 Å². The van der Waals surface area contributed by atoms with Crippen molar-refractivity contribution in [3.63, 3.8) is 0 Å². The van der Waals surface area contributed by atoms with Gasteiger partial charge in [0, 0.05) is 31.9 Å². The van der Waals surface area contributed by atoms with E-state index in [9.17, 15) is 19.2 Å². The molecule has 190 valence electrons. The average Bonchev–Trinajstić information content (AvgIpc) is 3.12. The van der Waals surface area contributed by atoms with Crippen molar-refractivity contribution < 1.29 is 19.2 Å². The summed E-state index contributed by atoms with van der Waals surface area (Å²) in [7, 11) is 0. The van der Waals surface area contributed by atoms with Gasteiger partial charge in [0.2, 0.25) is 5.91 Å².